The smallest absolute Gasteiger partial charge is 0.317 e. The van der Waals surface area contributed by atoms with Crippen LogP contribution in [0.15, 0.2) is 45.2 Å². The first kappa shape index (κ1) is 15.6. The molecule has 6 nitrogen and oxygen atoms in total. The normalized spacial score (nSPS) is 15.1. The Morgan fingerprint density at radius 1 is 1.16 bits per heavy atom. The molecule has 6 heteroatoms. The van der Waals surface area contributed by atoms with E-state index in [0.717, 1.165) is 29.7 Å². The molecule has 1 aromatic carbocycles. The number of esters is 1. The molecule has 2 heterocycles. The van der Waals surface area contributed by atoms with Crippen molar-refractivity contribution < 1.29 is 18.4 Å². The predicted octanol–water partition coefficient (Wildman–Crippen LogP) is 3.72. The van der Waals surface area contributed by atoms with E-state index in [4.69, 9.17) is 13.6 Å². The van der Waals surface area contributed by atoms with E-state index in [1.165, 1.54) is 0 Å². The van der Waals surface area contributed by atoms with Crippen molar-refractivity contribution in [2.24, 2.45) is 0 Å². The van der Waals surface area contributed by atoms with E-state index in [1.54, 1.807) is 0 Å². The Bertz CT molecular complexity index is 907. The SMILES string of the molecule is Cc1cc(-c2nnc(COC(=O)C3(c4ccccc4)CC3)o2)c(C)o1. The summed E-state index contributed by atoms with van der Waals surface area (Å²) in [6, 6.07) is 11.6. The zero-order chi connectivity index (χ0) is 17.4. The highest BCUT2D eigenvalue weighted by molar-refractivity contribution is 5.86. The quantitative estimate of drug-likeness (QED) is 0.660. The van der Waals surface area contributed by atoms with Crippen LogP contribution in [-0.4, -0.2) is 16.2 Å². The van der Waals surface area contributed by atoms with Crippen molar-refractivity contribution >= 4 is 5.97 Å². The first-order chi connectivity index (χ1) is 12.1. The Labute approximate surface area is 144 Å². The van der Waals surface area contributed by atoms with E-state index in [0.29, 0.717) is 11.7 Å². The van der Waals surface area contributed by atoms with E-state index in [2.05, 4.69) is 10.2 Å². The molecule has 1 aliphatic rings. The van der Waals surface area contributed by atoms with Gasteiger partial charge >= 0.3 is 5.97 Å². The van der Waals surface area contributed by atoms with Crippen LogP contribution < -0.4 is 0 Å². The van der Waals surface area contributed by atoms with Gasteiger partial charge in [-0.1, -0.05) is 30.3 Å². The maximum Gasteiger partial charge on any atom is 0.317 e. The van der Waals surface area contributed by atoms with Crippen LogP contribution in [0.3, 0.4) is 0 Å². The number of nitrogens with zero attached hydrogens (tertiary/aromatic N) is 2. The Morgan fingerprint density at radius 3 is 2.56 bits per heavy atom. The molecule has 1 fully saturated rings. The van der Waals surface area contributed by atoms with Gasteiger partial charge in [-0.2, -0.15) is 0 Å². The minimum absolute atomic E-state index is 0.0315. The second-order valence-electron chi connectivity index (χ2n) is 6.35. The first-order valence-electron chi connectivity index (χ1n) is 8.21. The second-order valence-corrected chi connectivity index (χ2v) is 6.35. The molecule has 128 valence electrons. The minimum atomic E-state index is -0.512. The molecule has 3 aromatic rings. The molecular formula is C19H18N2O4. The fraction of sp³-hybridized carbons (Fsp3) is 0.316. The van der Waals surface area contributed by atoms with E-state index < -0.39 is 5.41 Å². The topological polar surface area (TPSA) is 78.4 Å². The molecule has 0 radical (unpaired) electrons. The number of aromatic nitrogens is 2. The van der Waals surface area contributed by atoms with E-state index in [-0.39, 0.29) is 18.5 Å². The lowest BCUT2D eigenvalue weighted by atomic mass is 9.96. The van der Waals surface area contributed by atoms with Gasteiger partial charge in [-0.25, -0.2) is 0 Å². The Kier molecular flexibility index (Phi) is 3.67. The van der Waals surface area contributed by atoms with Gasteiger partial charge in [0.15, 0.2) is 6.61 Å². The van der Waals surface area contributed by atoms with E-state index in [9.17, 15) is 4.79 Å². The zero-order valence-electron chi connectivity index (χ0n) is 14.1. The number of ether oxygens (including phenoxy) is 1. The summed E-state index contributed by atoms with van der Waals surface area (Å²) in [7, 11) is 0. The van der Waals surface area contributed by atoms with Crippen LogP contribution in [0.1, 0.15) is 35.8 Å². The standard InChI is InChI=1S/C19H18N2O4/c1-12-10-15(13(2)24-12)17-21-20-16(25-17)11-23-18(22)19(8-9-19)14-6-4-3-5-7-14/h3-7,10H,8-9,11H2,1-2H3. The van der Waals surface area contributed by atoms with Crippen molar-refractivity contribution in [3.05, 3.63) is 59.4 Å². The molecule has 4 rings (SSSR count). The average Bonchev–Trinajstić information content (AvgIpc) is 3.18. The fourth-order valence-electron chi connectivity index (χ4n) is 3.02. The van der Waals surface area contributed by atoms with Crippen molar-refractivity contribution in [1.29, 1.82) is 0 Å². The van der Waals surface area contributed by atoms with Gasteiger partial charge in [0.2, 0.25) is 0 Å². The van der Waals surface area contributed by atoms with Gasteiger partial charge in [0.25, 0.3) is 11.8 Å². The van der Waals surface area contributed by atoms with Gasteiger partial charge in [-0.05, 0) is 38.3 Å². The number of carbonyl (C=O) groups excluding carboxylic acids is 1. The largest absolute Gasteiger partial charge is 0.466 e. The molecule has 1 saturated carbocycles. The number of hydrogen-bond donors (Lipinski definition) is 0. The van der Waals surface area contributed by atoms with Crippen LogP contribution in [0, 0.1) is 13.8 Å². The average molecular weight is 338 g/mol. The Balaban J connectivity index is 1.44. The van der Waals surface area contributed by atoms with Crippen molar-refractivity contribution in [3.8, 4) is 11.5 Å². The monoisotopic (exact) mass is 338 g/mol. The second kappa shape index (κ2) is 5.88. The van der Waals surface area contributed by atoms with Crippen molar-refractivity contribution in [3.63, 3.8) is 0 Å². The molecule has 0 N–H and O–H groups in total. The lowest BCUT2D eigenvalue weighted by molar-refractivity contribution is -0.148. The summed E-state index contributed by atoms with van der Waals surface area (Å²) in [6.45, 7) is 3.66. The van der Waals surface area contributed by atoms with Gasteiger partial charge in [-0.15, -0.1) is 10.2 Å². The van der Waals surface area contributed by atoms with Gasteiger partial charge in [0.05, 0.1) is 11.0 Å². The summed E-state index contributed by atoms with van der Waals surface area (Å²) >= 11 is 0. The summed E-state index contributed by atoms with van der Waals surface area (Å²) in [6.07, 6.45) is 1.61. The van der Waals surface area contributed by atoms with E-state index >= 15 is 0 Å². The number of furan rings is 1. The molecule has 0 aliphatic heterocycles. The number of carbonyl (C=O) groups is 1. The molecule has 0 spiro atoms. The number of aryl methyl sites for hydroxylation is 2. The van der Waals surface area contributed by atoms with Crippen LogP contribution >= 0.6 is 0 Å². The lowest BCUT2D eigenvalue weighted by Gasteiger charge is -2.13. The first-order valence-corrected chi connectivity index (χ1v) is 8.21. The summed E-state index contributed by atoms with van der Waals surface area (Å²) in [5.41, 5.74) is 1.24. The van der Waals surface area contributed by atoms with Crippen LogP contribution in [0.4, 0.5) is 0 Å². The minimum Gasteiger partial charge on any atom is -0.466 e. The van der Waals surface area contributed by atoms with Crippen LogP contribution in [-0.2, 0) is 21.6 Å². The van der Waals surface area contributed by atoms with Crippen molar-refractivity contribution in [2.75, 3.05) is 0 Å². The maximum atomic E-state index is 12.5. The highest BCUT2D eigenvalue weighted by Crippen LogP contribution is 2.49. The number of rotatable bonds is 5. The molecule has 1 aliphatic carbocycles. The third-order valence-corrected chi connectivity index (χ3v) is 4.53. The fourth-order valence-corrected chi connectivity index (χ4v) is 3.02. The van der Waals surface area contributed by atoms with Gasteiger partial charge < -0.3 is 13.6 Å². The summed E-state index contributed by atoms with van der Waals surface area (Å²) in [5, 5.41) is 7.96. The van der Waals surface area contributed by atoms with Crippen LogP contribution in [0.25, 0.3) is 11.5 Å². The molecule has 0 unspecified atom stereocenters. The maximum absolute atomic E-state index is 12.5. The molecule has 0 bridgehead atoms. The molecule has 25 heavy (non-hydrogen) atoms. The predicted molar refractivity (Wildman–Crippen MR) is 88.6 cm³/mol. The highest BCUT2D eigenvalue weighted by atomic mass is 16.5. The summed E-state index contributed by atoms with van der Waals surface area (Å²) < 4.78 is 16.5. The molecular weight excluding hydrogens is 320 g/mol. The molecule has 0 saturated heterocycles. The number of hydrogen-bond acceptors (Lipinski definition) is 6. The van der Waals surface area contributed by atoms with Gasteiger partial charge in [-0.3, -0.25) is 4.79 Å². The van der Waals surface area contributed by atoms with Gasteiger partial charge in [0, 0.05) is 0 Å². The van der Waals surface area contributed by atoms with E-state index in [1.807, 2.05) is 50.2 Å². The third-order valence-electron chi connectivity index (χ3n) is 4.53. The molecule has 0 atom stereocenters. The zero-order valence-corrected chi connectivity index (χ0v) is 14.1. The summed E-state index contributed by atoms with van der Waals surface area (Å²) in [5.74, 6) is 1.88. The lowest BCUT2D eigenvalue weighted by Crippen LogP contribution is -2.23. The van der Waals surface area contributed by atoms with Crippen molar-refractivity contribution in [1.82, 2.24) is 10.2 Å². The highest BCUT2D eigenvalue weighted by Gasteiger charge is 2.52. The molecule has 0 amide bonds. The van der Waals surface area contributed by atoms with Crippen LogP contribution in [0.5, 0.6) is 0 Å². The van der Waals surface area contributed by atoms with Crippen molar-refractivity contribution in [2.45, 2.75) is 38.7 Å². The van der Waals surface area contributed by atoms with Crippen LogP contribution in [0.2, 0.25) is 0 Å². The third kappa shape index (κ3) is 2.84. The Hall–Kier alpha value is -2.89. The Morgan fingerprint density at radius 2 is 1.92 bits per heavy atom. The summed E-state index contributed by atoms with van der Waals surface area (Å²) in [4.78, 5) is 12.5. The molecule has 2 aromatic heterocycles. The van der Waals surface area contributed by atoms with Gasteiger partial charge in [0.1, 0.15) is 11.5 Å². The number of benzene rings is 1.